The summed E-state index contributed by atoms with van der Waals surface area (Å²) in [6, 6.07) is 11.2. The summed E-state index contributed by atoms with van der Waals surface area (Å²) in [5.41, 5.74) is 0. The van der Waals surface area contributed by atoms with Crippen LogP contribution in [0, 0.1) is 0 Å². The molecule has 2 amide bonds. The molecule has 2 rings (SSSR count). The van der Waals surface area contributed by atoms with E-state index in [-0.39, 0.29) is 9.79 Å². The summed E-state index contributed by atoms with van der Waals surface area (Å²) >= 11 is 0. The predicted octanol–water partition coefficient (Wildman–Crippen LogP) is 1.18. The van der Waals surface area contributed by atoms with E-state index in [1.807, 2.05) is 9.44 Å². The summed E-state index contributed by atoms with van der Waals surface area (Å²) in [5, 5.41) is 0. The molecule has 0 saturated carbocycles. The van der Waals surface area contributed by atoms with Crippen molar-refractivity contribution in [3.8, 4) is 11.5 Å². The van der Waals surface area contributed by atoms with Gasteiger partial charge in [-0.3, -0.25) is 9.59 Å². The molecule has 0 radical (unpaired) electrons. The number of nitrogens with one attached hydrogen (secondary N) is 2. The fraction of sp³-hybridized carbons (Fsp3) is 0.263. The van der Waals surface area contributed by atoms with E-state index in [0.29, 0.717) is 31.1 Å². The number of rotatable bonds is 10. The van der Waals surface area contributed by atoms with E-state index in [4.69, 9.17) is 9.47 Å². The molecule has 0 saturated heterocycles. The minimum Gasteiger partial charge on any atom is -0.493 e. The normalized spacial score (nSPS) is 11.4. The third-order valence-electron chi connectivity index (χ3n) is 3.65. The SMILES string of the molecule is CC(=O)NS(=O)(=O)c1ccc(OCCCOc2ccc(S(=O)(=O)NC(C)=O)cc2)cc1. The van der Waals surface area contributed by atoms with E-state index < -0.39 is 31.9 Å². The topological polar surface area (TPSA) is 145 Å². The highest BCUT2D eigenvalue weighted by Gasteiger charge is 2.16. The van der Waals surface area contributed by atoms with Crippen molar-refractivity contribution in [3.05, 3.63) is 48.5 Å². The Balaban J connectivity index is 1.78. The lowest BCUT2D eigenvalue weighted by atomic mass is 10.3. The molecule has 12 heteroatoms. The molecule has 2 N–H and O–H groups in total. The van der Waals surface area contributed by atoms with Gasteiger partial charge in [0.05, 0.1) is 23.0 Å². The zero-order chi connectivity index (χ0) is 23.1. The van der Waals surface area contributed by atoms with Gasteiger partial charge in [-0.1, -0.05) is 0 Å². The van der Waals surface area contributed by atoms with Crippen LogP contribution >= 0.6 is 0 Å². The number of hydrogen-bond donors (Lipinski definition) is 2. The van der Waals surface area contributed by atoms with Gasteiger partial charge in [-0.25, -0.2) is 26.3 Å². The standard InChI is InChI=1S/C19H22N2O8S2/c1-14(22)20-30(24,25)18-8-4-16(5-9-18)28-12-3-13-29-17-6-10-19(11-7-17)31(26,27)21-15(2)23/h4-11H,3,12-13H2,1-2H3,(H,20,22)(H,21,23). The Morgan fingerprint density at radius 2 is 1.00 bits per heavy atom. The smallest absolute Gasteiger partial charge is 0.264 e. The number of benzene rings is 2. The molecule has 0 spiro atoms. The molecule has 2 aromatic carbocycles. The molecule has 0 aromatic heterocycles. The van der Waals surface area contributed by atoms with Crippen molar-refractivity contribution >= 4 is 31.9 Å². The molecule has 0 aliphatic carbocycles. The van der Waals surface area contributed by atoms with Crippen LogP contribution < -0.4 is 18.9 Å². The van der Waals surface area contributed by atoms with Crippen LogP contribution in [0.3, 0.4) is 0 Å². The number of sulfonamides is 2. The fourth-order valence-electron chi connectivity index (χ4n) is 2.37. The molecule has 0 atom stereocenters. The number of carbonyl (C=O) groups is 2. The van der Waals surface area contributed by atoms with Gasteiger partial charge in [0.1, 0.15) is 11.5 Å². The van der Waals surface area contributed by atoms with Gasteiger partial charge >= 0.3 is 0 Å². The van der Waals surface area contributed by atoms with E-state index in [2.05, 4.69) is 0 Å². The van der Waals surface area contributed by atoms with Crippen molar-refractivity contribution in [1.82, 2.24) is 9.44 Å². The quantitative estimate of drug-likeness (QED) is 0.493. The van der Waals surface area contributed by atoms with E-state index in [9.17, 15) is 26.4 Å². The number of hydrogen-bond acceptors (Lipinski definition) is 8. The number of ether oxygens (including phenoxy) is 2. The molecule has 0 bridgehead atoms. The van der Waals surface area contributed by atoms with E-state index in [1.165, 1.54) is 48.5 Å². The van der Waals surface area contributed by atoms with Crippen LogP contribution in [0.15, 0.2) is 58.3 Å². The highest BCUT2D eigenvalue weighted by molar-refractivity contribution is 7.90. The molecule has 0 aliphatic rings. The van der Waals surface area contributed by atoms with Gasteiger partial charge in [0.25, 0.3) is 20.0 Å². The second-order valence-corrected chi connectivity index (χ2v) is 9.68. The van der Waals surface area contributed by atoms with Gasteiger partial charge in [0.15, 0.2) is 0 Å². The first-order valence-corrected chi connectivity index (χ1v) is 12.0. The minimum absolute atomic E-state index is 0.0534. The molecule has 0 aliphatic heterocycles. The summed E-state index contributed by atoms with van der Waals surface area (Å²) in [5.74, 6) is -0.447. The Bertz CT molecular complexity index is 1030. The molecule has 31 heavy (non-hydrogen) atoms. The first kappa shape index (κ1) is 24.2. The Kier molecular flexibility index (Phi) is 8.00. The van der Waals surface area contributed by atoms with Gasteiger partial charge in [0.2, 0.25) is 11.8 Å². The molecular formula is C19H22N2O8S2. The van der Waals surface area contributed by atoms with Crippen LogP contribution in [-0.2, 0) is 29.6 Å². The Morgan fingerprint density at radius 1 is 0.677 bits per heavy atom. The molecule has 10 nitrogen and oxygen atoms in total. The summed E-state index contributed by atoms with van der Waals surface area (Å²) < 4.78 is 62.3. The van der Waals surface area contributed by atoms with Crippen LogP contribution in [0.25, 0.3) is 0 Å². The van der Waals surface area contributed by atoms with Gasteiger partial charge in [0, 0.05) is 20.3 Å². The summed E-state index contributed by atoms with van der Waals surface area (Å²) in [7, 11) is -7.78. The first-order chi connectivity index (χ1) is 14.5. The van der Waals surface area contributed by atoms with E-state index >= 15 is 0 Å². The van der Waals surface area contributed by atoms with E-state index in [0.717, 1.165) is 13.8 Å². The summed E-state index contributed by atoms with van der Waals surface area (Å²) in [6.45, 7) is 2.82. The molecule has 0 unspecified atom stereocenters. The molecule has 0 heterocycles. The first-order valence-electron chi connectivity index (χ1n) is 9.02. The van der Waals surface area contributed by atoms with Crippen LogP contribution in [0.4, 0.5) is 0 Å². The van der Waals surface area contributed by atoms with Crippen molar-refractivity contribution in [2.24, 2.45) is 0 Å². The lowest BCUT2D eigenvalue weighted by Crippen LogP contribution is -2.28. The Labute approximate surface area is 180 Å². The van der Waals surface area contributed by atoms with Crippen molar-refractivity contribution in [3.63, 3.8) is 0 Å². The van der Waals surface area contributed by atoms with Crippen molar-refractivity contribution < 1.29 is 35.9 Å². The van der Waals surface area contributed by atoms with Crippen molar-refractivity contribution in [2.75, 3.05) is 13.2 Å². The van der Waals surface area contributed by atoms with Crippen LogP contribution in [-0.4, -0.2) is 41.9 Å². The zero-order valence-corrected chi connectivity index (χ0v) is 18.5. The molecule has 168 valence electrons. The van der Waals surface area contributed by atoms with Crippen molar-refractivity contribution in [2.45, 2.75) is 30.1 Å². The lowest BCUT2D eigenvalue weighted by molar-refractivity contribution is -0.118. The third kappa shape index (κ3) is 7.57. The second kappa shape index (κ2) is 10.3. The number of amides is 2. The number of carbonyl (C=O) groups excluding carboxylic acids is 2. The van der Waals surface area contributed by atoms with Gasteiger partial charge in [-0.2, -0.15) is 0 Å². The second-order valence-electron chi connectivity index (χ2n) is 6.32. The van der Waals surface area contributed by atoms with Crippen molar-refractivity contribution in [1.29, 1.82) is 0 Å². The average molecular weight is 471 g/mol. The average Bonchev–Trinajstić information content (AvgIpc) is 2.66. The fourth-order valence-corrected chi connectivity index (χ4v) is 4.35. The summed E-state index contributed by atoms with van der Waals surface area (Å²) in [4.78, 5) is 21.8. The predicted molar refractivity (Wildman–Crippen MR) is 110 cm³/mol. The Hall–Kier alpha value is -3.12. The molecule has 0 fully saturated rings. The monoisotopic (exact) mass is 470 g/mol. The summed E-state index contributed by atoms with van der Waals surface area (Å²) in [6.07, 6.45) is 0.512. The third-order valence-corrected chi connectivity index (χ3v) is 6.55. The van der Waals surface area contributed by atoms with Crippen LogP contribution in [0.2, 0.25) is 0 Å². The van der Waals surface area contributed by atoms with Gasteiger partial charge in [-0.15, -0.1) is 0 Å². The maximum atomic E-state index is 11.9. The largest absolute Gasteiger partial charge is 0.493 e. The Morgan fingerprint density at radius 3 is 1.29 bits per heavy atom. The maximum absolute atomic E-state index is 11.9. The zero-order valence-electron chi connectivity index (χ0n) is 16.8. The highest BCUT2D eigenvalue weighted by Crippen LogP contribution is 2.17. The van der Waals surface area contributed by atoms with Crippen LogP contribution in [0.1, 0.15) is 20.3 Å². The maximum Gasteiger partial charge on any atom is 0.264 e. The van der Waals surface area contributed by atoms with Gasteiger partial charge < -0.3 is 9.47 Å². The lowest BCUT2D eigenvalue weighted by Gasteiger charge is -2.10. The van der Waals surface area contributed by atoms with Crippen LogP contribution in [0.5, 0.6) is 11.5 Å². The van der Waals surface area contributed by atoms with E-state index in [1.54, 1.807) is 0 Å². The minimum atomic E-state index is -3.89. The highest BCUT2D eigenvalue weighted by atomic mass is 32.2. The molecular weight excluding hydrogens is 448 g/mol. The van der Waals surface area contributed by atoms with Gasteiger partial charge in [-0.05, 0) is 48.5 Å². The molecule has 2 aromatic rings.